The molecule has 0 rings (SSSR count). The molecule has 0 spiro atoms. The monoisotopic (exact) mass is 1160 g/mol. The second kappa shape index (κ2) is 57.4. The number of hydrogen-bond donors (Lipinski definition) is 5. The van der Waals surface area contributed by atoms with Crippen molar-refractivity contribution < 1.29 is 68.2 Å². The van der Waals surface area contributed by atoms with Crippen LogP contribution in [0.5, 0.6) is 0 Å². The van der Waals surface area contributed by atoms with Gasteiger partial charge in [-0.1, -0.05) is 164 Å². The van der Waals surface area contributed by atoms with Crippen molar-refractivity contribution in [2.45, 2.75) is 206 Å². The molecule has 18 heteroatoms. The van der Waals surface area contributed by atoms with E-state index in [9.17, 15) is 43.8 Å². The lowest BCUT2D eigenvalue weighted by molar-refractivity contribution is -0.163. The third kappa shape index (κ3) is 56.4. The van der Waals surface area contributed by atoms with Crippen molar-refractivity contribution >= 4 is 41.7 Å². The zero-order valence-corrected chi connectivity index (χ0v) is 50.4. The third-order valence-corrected chi connectivity index (χ3v) is 13.1. The Kier molecular flexibility index (Phi) is 53.6. The van der Waals surface area contributed by atoms with E-state index in [0.717, 1.165) is 167 Å². The quantitative estimate of drug-likeness (QED) is 0.0216. The van der Waals surface area contributed by atoms with Gasteiger partial charge < -0.3 is 40.0 Å². The number of amides is 1. The lowest BCUT2D eigenvalue weighted by Crippen LogP contribution is -2.43. The molecule has 82 heavy (non-hydrogen) atoms. The van der Waals surface area contributed by atoms with Crippen LogP contribution in [-0.2, 0) is 47.8 Å². The molecule has 0 aliphatic rings. The van der Waals surface area contributed by atoms with Gasteiger partial charge in [0.1, 0.15) is 6.61 Å². The molecule has 0 aliphatic heterocycles. The van der Waals surface area contributed by atoms with Gasteiger partial charge in [-0.3, -0.25) is 48.3 Å². The molecular weight excluding hydrogens is 1050 g/mol. The number of unbranched alkanes of at least 4 members (excludes halogenated alkanes) is 17. The molecule has 0 fully saturated rings. The second-order valence-corrected chi connectivity index (χ2v) is 20.9. The Morgan fingerprint density at radius 1 is 0.402 bits per heavy atom. The van der Waals surface area contributed by atoms with Crippen LogP contribution in [0.15, 0.2) is 72.9 Å². The number of allylic oxidation sites excluding steroid dienone is 12. The van der Waals surface area contributed by atoms with E-state index in [1.54, 1.807) is 0 Å². The van der Waals surface area contributed by atoms with Gasteiger partial charge in [0, 0.05) is 52.2 Å². The van der Waals surface area contributed by atoms with Gasteiger partial charge in [-0.2, -0.15) is 0 Å². The highest BCUT2D eigenvalue weighted by Gasteiger charge is 2.20. The molecular formula is C64H108N4O14. The standard InChI is InChI=1S/C64H108N4O14/c1-3-5-7-9-11-13-15-17-19-21-23-25-29-33-37-42-63(78)81-56-57(82-64(79)43-38-34-30-26-24-22-20-18-16-14-12-10-8-6-4-2)55-80-49-40-36-32-28-27-31-35-39-44-65-58(69)50-67(52-60(72)73)46-41-45-66(51-59(70)71)47-48-68(53-61(74)75)54-62(76)77/h5-8,11-14,17-20,57H,3-4,9-10,15-16,21-56H2,1-2H3,(H,65,69)(H,70,71)(H,72,73)(H,74,75)(H,76,77)/b7-5+,8-6+,13-11+,14-12+,19-17+,20-18+. The first kappa shape index (κ1) is 76.6. The summed E-state index contributed by atoms with van der Waals surface area (Å²) in [5.41, 5.74) is 0. The summed E-state index contributed by atoms with van der Waals surface area (Å²) in [6.45, 7) is 3.91. The Labute approximate surface area is 492 Å². The lowest BCUT2D eigenvalue weighted by atomic mass is 10.1. The average Bonchev–Trinajstić information content (AvgIpc) is 3.42. The number of nitrogens with one attached hydrogen (secondary N) is 1. The minimum Gasteiger partial charge on any atom is -0.480 e. The van der Waals surface area contributed by atoms with Crippen molar-refractivity contribution in [2.75, 3.05) is 85.3 Å². The molecule has 1 amide bonds. The number of carboxylic acid groups (broad SMARTS) is 4. The number of rotatable bonds is 59. The zero-order valence-electron chi connectivity index (χ0n) is 50.4. The predicted molar refractivity (Wildman–Crippen MR) is 325 cm³/mol. The van der Waals surface area contributed by atoms with Crippen LogP contribution in [0.25, 0.3) is 0 Å². The SMILES string of the molecule is CC/C=C/C/C=C/C/C=C/CCCCCCCC(=O)OCC(COCCCCCCCCCCNC(=O)CN(CCCN(CCN(CC(=O)O)CC(=O)O)CC(=O)O)CC(=O)O)OC(=O)CCCCCCC/C=C/C/C=C/C/C=C/CC. The number of ether oxygens (including phenoxy) is 3. The largest absolute Gasteiger partial charge is 0.480 e. The van der Waals surface area contributed by atoms with E-state index >= 15 is 0 Å². The number of aliphatic carboxylic acids is 4. The summed E-state index contributed by atoms with van der Waals surface area (Å²) in [5.74, 6) is -5.56. The summed E-state index contributed by atoms with van der Waals surface area (Å²) >= 11 is 0. The maximum atomic E-state index is 12.9. The molecule has 5 N–H and O–H groups in total. The van der Waals surface area contributed by atoms with E-state index in [0.29, 0.717) is 32.4 Å². The summed E-state index contributed by atoms with van der Waals surface area (Å²) in [5, 5.41) is 39.8. The van der Waals surface area contributed by atoms with Gasteiger partial charge in [-0.05, 0) is 96.3 Å². The minimum atomic E-state index is -1.21. The molecule has 1 atom stereocenters. The molecule has 0 aromatic heterocycles. The van der Waals surface area contributed by atoms with Crippen LogP contribution >= 0.6 is 0 Å². The first-order chi connectivity index (χ1) is 39.7. The van der Waals surface area contributed by atoms with Crippen LogP contribution in [0.3, 0.4) is 0 Å². The molecule has 0 saturated heterocycles. The number of hydrogen-bond acceptors (Lipinski definition) is 13. The van der Waals surface area contributed by atoms with Gasteiger partial charge in [0.15, 0.2) is 6.10 Å². The van der Waals surface area contributed by atoms with Crippen LogP contribution in [0.2, 0.25) is 0 Å². The van der Waals surface area contributed by atoms with Crippen LogP contribution in [-0.4, -0.2) is 168 Å². The molecule has 0 aliphatic carbocycles. The number of carboxylic acids is 4. The van der Waals surface area contributed by atoms with Gasteiger partial charge in [0.05, 0.1) is 39.3 Å². The van der Waals surface area contributed by atoms with Gasteiger partial charge in [-0.25, -0.2) is 0 Å². The van der Waals surface area contributed by atoms with Crippen LogP contribution in [0.4, 0.5) is 0 Å². The first-order valence-electron chi connectivity index (χ1n) is 30.9. The van der Waals surface area contributed by atoms with Gasteiger partial charge in [0.2, 0.25) is 5.91 Å². The van der Waals surface area contributed by atoms with E-state index in [1.165, 1.54) is 14.7 Å². The predicted octanol–water partition coefficient (Wildman–Crippen LogP) is 11.5. The zero-order chi connectivity index (χ0) is 60.4. The Morgan fingerprint density at radius 2 is 0.793 bits per heavy atom. The van der Waals surface area contributed by atoms with E-state index in [1.807, 2.05) is 0 Å². The van der Waals surface area contributed by atoms with E-state index in [4.69, 9.17) is 24.4 Å². The summed E-state index contributed by atoms with van der Waals surface area (Å²) in [6.07, 6.45) is 52.7. The fraction of sp³-hybridized carbons (Fsp3) is 0.703. The van der Waals surface area contributed by atoms with E-state index < -0.39 is 43.1 Å². The molecule has 0 radical (unpaired) electrons. The summed E-state index contributed by atoms with van der Waals surface area (Å²) in [6, 6.07) is 0. The van der Waals surface area contributed by atoms with Gasteiger partial charge in [-0.15, -0.1) is 0 Å². The summed E-state index contributed by atoms with van der Waals surface area (Å²) < 4.78 is 17.3. The molecule has 0 saturated carbocycles. The van der Waals surface area contributed by atoms with Crippen LogP contribution < -0.4 is 5.32 Å². The Hall–Kier alpha value is -5.43. The minimum absolute atomic E-state index is 0.00276. The maximum absolute atomic E-state index is 12.9. The summed E-state index contributed by atoms with van der Waals surface area (Å²) in [7, 11) is 0. The molecule has 0 bridgehead atoms. The van der Waals surface area contributed by atoms with Crippen molar-refractivity contribution in [1.82, 2.24) is 20.0 Å². The summed E-state index contributed by atoms with van der Waals surface area (Å²) in [4.78, 5) is 87.7. The Morgan fingerprint density at radius 3 is 1.29 bits per heavy atom. The molecule has 18 nitrogen and oxygen atoms in total. The normalized spacial score (nSPS) is 12.5. The van der Waals surface area contributed by atoms with E-state index in [-0.39, 0.29) is 76.9 Å². The fourth-order valence-corrected chi connectivity index (χ4v) is 8.75. The van der Waals surface area contributed by atoms with Crippen molar-refractivity contribution in [2.24, 2.45) is 0 Å². The van der Waals surface area contributed by atoms with Gasteiger partial charge >= 0.3 is 35.8 Å². The lowest BCUT2D eigenvalue weighted by Gasteiger charge is -2.26. The number of carbonyl (C=O) groups excluding carboxylic acids is 3. The van der Waals surface area contributed by atoms with Crippen molar-refractivity contribution in [3.8, 4) is 0 Å². The first-order valence-corrected chi connectivity index (χ1v) is 30.9. The number of carbonyl (C=O) groups is 7. The highest BCUT2D eigenvalue weighted by molar-refractivity contribution is 5.79. The molecule has 0 heterocycles. The van der Waals surface area contributed by atoms with Crippen molar-refractivity contribution in [1.29, 1.82) is 0 Å². The smallest absolute Gasteiger partial charge is 0.317 e. The van der Waals surface area contributed by atoms with Crippen molar-refractivity contribution in [3.63, 3.8) is 0 Å². The maximum Gasteiger partial charge on any atom is 0.317 e. The Bertz CT molecular complexity index is 1830. The average molecular weight is 1160 g/mol. The van der Waals surface area contributed by atoms with Crippen LogP contribution in [0.1, 0.15) is 200 Å². The highest BCUT2D eigenvalue weighted by atomic mass is 16.6. The number of nitrogens with zero attached hydrogens (tertiary/aromatic N) is 3. The molecule has 0 aromatic rings. The van der Waals surface area contributed by atoms with Gasteiger partial charge in [0.25, 0.3) is 0 Å². The molecule has 468 valence electrons. The third-order valence-electron chi connectivity index (χ3n) is 13.1. The number of esters is 2. The van der Waals surface area contributed by atoms with Crippen LogP contribution in [0, 0.1) is 0 Å². The van der Waals surface area contributed by atoms with Crippen molar-refractivity contribution in [3.05, 3.63) is 72.9 Å². The second-order valence-electron chi connectivity index (χ2n) is 20.9. The fourth-order valence-electron chi connectivity index (χ4n) is 8.75. The van der Waals surface area contributed by atoms with E-state index in [2.05, 4.69) is 92.1 Å². The molecule has 1 unspecified atom stereocenters. The molecule has 0 aromatic carbocycles. The highest BCUT2D eigenvalue weighted by Crippen LogP contribution is 2.13. The Balaban J connectivity index is 4.65. The topological polar surface area (TPSA) is 250 Å².